The normalized spacial score (nSPS) is 12.5. The zero-order valence-corrected chi connectivity index (χ0v) is 5.05. The molecule has 0 bridgehead atoms. The lowest BCUT2D eigenvalue weighted by atomic mass is 10.4. The first kappa shape index (κ1) is 7.01. The predicted octanol–water partition coefficient (Wildman–Crippen LogP) is 0.570. The van der Waals surface area contributed by atoms with Crippen LogP contribution in [0.4, 0.5) is 0 Å². The molecule has 0 aromatic carbocycles. The summed E-state index contributed by atoms with van der Waals surface area (Å²) in [5.74, 6) is 0. The second kappa shape index (κ2) is 4.18. The fraction of sp³-hybridized carbons (Fsp3) is 0.400. The molecule has 0 spiro atoms. The van der Waals surface area contributed by atoms with E-state index in [1.165, 1.54) is 6.21 Å². The number of rotatable bonds is 2. The number of hydrogen-bond acceptors (Lipinski definition) is 3. The average molecular weight is 114 g/mol. The number of hydrogen-bond donors (Lipinski definition) is 2. The van der Waals surface area contributed by atoms with E-state index in [4.69, 9.17) is 5.21 Å². The zero-order chi connectivity index (χ0) is 6.41. The van der Waals surface area contributed by atoms with Crippen molar-refractivity contribution in [3.63, 3.8) is 0 Å². The van der Waals surface area contributed by atoms with Gasteiger partial charge in [-0.3, -0.25) is 0 Å². The van der Waals surface area contributed by atoms with E-state index in [2.05, 4.69) is 10.5 Å². The lowest BCUT2D eigenvalue weighted by Gasteiger charge is -1.93. The molecule has 0 amide bonds. The molecular formula is C5H10N2O. The van der Waals surface area contributed by atoms with Crippen LogP contribution in [0.1, 0.15) is 6.92 Å². The predicted molar refractivity (Wildman–Crippen MR) is 33.1 cm³/mol. The number of allylic oxidation sites excluding steroid dienone is 2. The molecule has 0 aliphatic heterocycles. The van der Waals surface area contributed by atoms with Gasteiger partial charge >= 0.3 is 0 Å². The Morgan fingerprint density at radius 1 is 1.75 bits per heavy atom. The summed E-state index contributed by atoms with van der Waals surface area (Å²) in [5.41, 5.74) is 0.799. The maximum absolute atomic E-state index is 7.99. The Labute approximate surface area is 48.7 Å². The molecule has 0 radical (unpaired) electrons. The number of nitrogens with zero attached hydrogens (tertiary/aromatic N) is 1. The molecule has 0 aromatic rings. The highest BCUT2D eigenvalue weighted by atomic mass is 16.4. The molecule has 0 aliphatic rings. The summed E-state index contributed by atoms with van der Waals surface area (Å²) in [6, 6.07) is 0. The van der Waals surface area contributed by atoms with Crippen LogP contribution < -0.4 is 5.32 Å². The molecule has 0 aromatic heterocycles. The van der Waals surface area contributed by atoms with Crippen molar-refractivity contribution in [2.45, 2.75) is 6.92 Å². The maximum atomic E-state index is 7.99. The van der Waals surface area contributed by atoms with E-state index in [1.807, 2.05) is 6.92 Å². The van der Waals surface area contributed by atoms with Gasteiger partial charge in [-0.05, 0) is 6.92 Å². The summed E-state index contributed by atoms with van der Waals surface area (Å²) in [4.78, 5) is 0. The van der Waals surface area contributed by atoms with Gasteiger partial charge < -0.3 is 10.5 Å². The summed E-state index contributed by atoms with van der Waals surface area (Å²) in [6.07, 6.45) is 3.14. The molecule has 3 heteroatoms. The Hall–Kier alpha value is -0.990. The van der Waals surface area contributed by atoms with Crippen molar-refractivity contribution in [3.8, 4) is 0 Å². The van der Waals surface area contributed by atoms with E-state index >= 15 is 0 Å². The lowest BCUT2D eigenvalue weighted by molar-refractivity contribution is 0.321. The smallest absolute Gasteiger partial charge is 0.0889 e. The SMILES string of the molecule is C/C=C(/C=N/O)NC. The third-order valence-electron chi connectivity index (χ3n) is 0.796. The molecule has 0 saturated carbocycles. The molecule has 0 unspecified atom stereocenters. The van der Waals surface area contributed by atoms with Gasteiger partial charge in [0.15, 0.2) is 0 Å². The minimum Gasteiger partial charge on any atom is -0.411 e. The highest BCUT2D eigenvalue weighted by Crippen LogP contribution is 1.78. The van der Waals surface area contributed by atoms with Crippen molar-refractivity contribution in [1.82, 2.24) is 5.32 Å². The van der Waals surface area contributed by atoms with E-state index in [9.17, 15) is 0 Å². The van der Waals surface area contributed by atoms with Crippen molar-refractivity contribution in [2.75, 3.05) is 7.05 Å². The Balaban J connectivity index is 3.72. The van der Waals surface area contributed by atoms with Gasteiger partial charge in [0.25, 0.3) is 0 Å². The summed E-state index contributed by atoms with van der Waals surface area (Å²) >= 11 is 0. The molecule has 0 fully saturated rings. The Kier molecular flexibility index (Phi) is 3.66. The van der Waals surface area contributed by atoms with Crippen molar-refractivity contribution in [1.29, 1.82) is 0 Å². The highest BCUT2D eigenvalue weighted by Gasteiger charge is 1.79. The first-order valence-corrected chi connectivity index (χ1v) is 2.36. The highest BCUT2D eigenvalue weighted by molar-refractivity contribution is 5.76. The van der Waals surface area contributed by atoms with E-state index in [1.54, 1.807) is 13.1 Å². The van der Waals surface area contributed by atoms with E-state index in [-0.39, 0.29) is 0 Å². The largest absolute Gasteiger partial charge is 0.411 e. The number of nitrogens with one attached hydrogen (secondary N) is 1. The number of oxime groups is 1. The molecule has 2 N–H and O–H groups in total. The van der Waals surface area contributed by atoms with Crippen LogP contribution >= 0.6 is 0 Å². The van der Waals surface area contributed by atoms with E-state index in [0.29, 0.717) is 0 Å². The maximum Gasteiger partial charge on any atom is 0.0889 e. The summed E-state index contributed by atoms with van der Waals surface area (Å²) in [5, 5.41) is 13.6. The topological polar surface area (TPSA) is 44.6 Å². The fourth-order valence-corrected chi connectivity index (χ4v) is 0.346. The van der Waals surface area contributed by atoms with Gasteiger partial charge in [-0.1, -0.05) is 11.2 Å². The van der Waals surface area contributed by atoms with Gasteiger partial charge in [-0.2, -0.15) is 0 Å². The van der Waals surface area contributed by atoms with E-state index in [0.717, 1.165) is 5.70 Å². The van der Waals surface area contributed by atoms with Gasteiger partial charge in [-0.25, -0.2) is 0 Å². The van der Waals surface area contributed by atoms with Gasteiger partial charge in [0.05, 0.1) is 11.9 Å². The Bertz CT molecular complexity index is 104. The summed E-state index contributed by atoms with van der Waals surface area (Å²) < 4.78 is 0. The molecule has 8 heavy (non-hydrogen) atoms. The molecule has 0 saturated heterocycles. The second-order valence-electron chi connectivity index (χ2n) is 1.24. The standard InChI is InChI=1S/C5H10N2O/c1-3-5(6-2)4-7-8/h3-4,6,8H,1-2H3/b5-3-,7-4+. The van der Waals surface area contributed by atoms with Crippen molar-refractivity contribution in [2.24, 2.45) is 5.16 Å². The fourth-order valence-electron chi connectivity index (χ4n) is 0.346. The average Bonchev–Trinajstić information content (AvgIpc) is 1.83. The molecule has 0 atom stereocenters. The second-order valence-corrected chi connectivity index (χ2v) is 1.24. The summed E-state index contributed by atoms with van der Waals surface area (Å²) in [6.45, 7) is 1.85. The van der Waals surface area contributed by atoms with Gasteiger partial charge in [0, 0.05) is 7.05 Å². The Morgan fingerprint density at radius 3 is 2.50 bits per heavy atom. The van der Waals surface area contributed by atoms with Gasteiger partial charge in [-0.15, -0.1) is 0 Å². The molecule has 3 nitrogen and oxygen atoms in total. The molecule has 46 valence electrons. The van der Waals surface area contributed by atoms with Crippen LogP contribution in [0, 0.1) is 0 Å². The lowest BCUT2D eigenvalue weighted by Crippen LogP contribution is -2.05. The van der Waals surface area contributed by atoms with Crippen LogP contribution in [0.15, 0.2) is 16.9 Å². The van der Waals surface area contributed by atoms with E-state index < -0.39 is 0 Å². The minimum atomic E-state index is 0.799. The summed E-state index contributed by atoms with van der Waals surface area (Å²) in [7, 11) is 1.76. The third kappa shape index (κ3) is 2.23. The first-order valence-electron chi connectivity index (χ1n) is 2.36. The molecular weight excluding hydrogens is 104 g/mol. The van der Waals surface area contributed by atoms with Crippen LogP contribution in [0.5, 0.6) is 0 Å². The van der Waals surface area contributed by atoms with Crippen LogP contribution in [0.25, 0.3) is 0 Å². The zero-order valence-electron chi connectivity index (χ0n) is 5.05. The molecule has 0 rings (SSSR count). The third-order valence-corrected chi connectivity index (χ3v) is 0.796. The first-order chi connectivity index (χ1) is 3.85. The quantitative estimate of drug-likeness (QED) is 0.313. The van der Waals surface area contributed by atoms with Gasteiger partial charge in [0.1, 0.15) is 0 Å². The minimum absolute atomic E-state index is 0.799. The molecule has 0 aliphatic carbocycles. The van der Waals surface area contributed by atoms with Gasteiger partial charge in [0.2, 0.25) is 0 Å². The van der Waals surface area contributed by atoms with Crippen molar-refractivity contribution < 1.29 is 5.21 Å². The Morgan fingerprint density at radius 2 is 2.38 bits per heavy atom. The molecule has 0 heterocycles. The van der Waals surface area contributed by atoms with Crippen LogP contribution in [-0.4, -0.2) is 18.5 Å². The van der Waals surface area contributed by atoms with Crippen molar-refractivity contribution >= 4 is 6.21 Å². The van der Waals surface area contributed by atoms with Crippen LogP contribution in [0.3, 0.4) is 0 Å². The monoisotopic (exact) mass is 114 g/mol. The van der Waals surface area contributed by atoms with Crippen molar-refractivity contribution in [3.05, 3.63) is 11.8 Å². The van der Waals surface area contributed by atoms with Crippen LogP contribution in [-0.2, 0) is 0 Å². The van der Waals surface area contributed by atoms with Crippen LogP contribution in [0.2, 0.25) is 0 Å².